The number of carbonyl (C=O) groups excluding carboxylic acids is 2. The zero-order valence-corrected chi connectivity index (χ0v) is 17.6. The van der Waals surface area contributed by atoms with E-state index in [2.05, 4.69) is 0 Å². The highest BCUT2D eigenvalue weighted by atomic mass is 16.5. The number of ether oxygens (including phenoxy) is 1. The van der Waals surface area contributed by atoms with Gasteiger partial charge in [0.25, 0.3) is 0 Å². The van der Waals surface area contributed by atoms with Gasteiger partial charge in [-0.3, -0.25) is 9.59 Å². The fourth-order valence-corrected chi connectivity index (χ4v) is 4.34. The fourth-order valence-electron chi connectivity index (χ4n) is 4.34. The van der Waals surface area contributed by atoms with Crippen molar-refractivity contribution < 1.29 is 19.4 Å². The maximum Gasteiger partial charge on any atom is 0.305 e. The first-order valence-corrected chi connectivity index (χ1v) is 11.5. The van der Waals surface area contributed by atoms with Gasteiger partial charge in [-0.2, -0.15) is 0 Å². The van der Waals surface area contributed by atoms with E-state index in [1.165, 1.54) is 38.5 Å². The summed E-state index contributed by atoms with van der Waals surface area (Å²) in [6, 6.07) is 0. The molecule has 0 bridgehead atoms. The summed E-state index contributed by atoms with van der Waals surface area (Å²) < 4.78 is 4.94. The van der Waals surface area contributed by atoms with E-state index < -0.39 is 0 Å². The number of ketones is 1. The third-order valence-corrected chi connectivity index (χ3v) is 5.93. The molecule has 4 nitrogen and oxygen atoms in total. The topological polar surface area (TPSA) is 63.6 Å². The van der Waals surface area contributed by atoms with Crippen molar-refractivity contribution >= 4 is 11.8 Å². The first kappa shape index (κ1) is 24.1. The summed E-state index contributed by atoms with van der Waals surface area (Å²) in [5.74, 6) is 1.33. The van der Waals surface area contributed by atoms with Crippen LogP contribution in [0.15, 0.2) is 0 Å². The molecule has 0 saturated heterocycles. The van der Waals surface area contributed by atoms with Crippen LogP contribution < -0.4 is 0 Å². The normalized spacial score (nSPS) is 19.6. The Bertz CT molecular complexity index is 394. The molecule has 2 atom stereocenters. The van der Waals surface area contributed by atoms with Crippen molar-refractivity contribution in [2.75, 3.05) is 13.2 Å². The molecule has 1 aliphatic carbocycles. The van der Waals surface area contributed by atoms with Crippen LogP contribution >= 0.6 is 0 Å². The first-order valence-electron chi connectivity index (χ1n) is 11.5. The Morgan fingerprint density at radius 3 is 2.19 bits per heavy atom. The molecule has 0 heterocycles. The molecule has 1 fully saturated rings. The van der Waals surface area contributed by atoms with Crippen LogP contribution in [0, 0.1) is 11.8 Å². The highest BCUT2D eigenvalue weighted by Crippen LogP contribution is 2.36. The van der Waals surface area contributed by atoms with Crippen molar-refractivity contribution in [3.63, 3.8) is 0 Å². The Kier molecular flexibility index (Phi) is 14.4. The number of aliphatic hydroxyl groups excluding tert-OH is 1. The number of rotatable bonds is 17. The highest BCUT2D eigenvalue weighted by molar-refractivity contribution is 5.83. The van der Waals surface area contributed by atoms with Crippen molar-refractivity contribution in [3.8, 4) is 0 Å². The molecule has 1 saturated carbocycles. The van der Waals surface area contributed by atoms with Crippen LogP contribution in [0.3, 0.4) is 0 Å². The Labute approximate surface area is 166 Å². The zero-order chi connectivity index (χ0) is 19.7. The summed E-state index contributed by atoms with van der Waals surface area (Å²) in [5, 5.41) is 8.77. The Hall–Kier alpha value is -0.900. The molecule has 1 rings (SSSR count). The van der Waals surface area contributed by atoms with Gasteiger partial charge in [-0.15, -0.1) is 0 Å². The van der Waals surface area contributed by atoms with Gasteiger partial charge in [-0.05, 0) is 44.9 Å². The molecule has 0 aliphatic heterocycles. The predicted molar refractivity (Wildman–Crippen MR) is 110 cm³/mol. The van der Waals surface area contributed by atoms with Crippen LogP contribution in [-0.4, -0.2) is 30.1 Å². The third-order valence-electron chi connectivity index (χ3n) is 5.93. The third kappa shape index (κ3) is 11.5. The molecule has 0 aromatic carbocycles. The lowest BCUT2D eigenvalue weighted by atomic mass is 9.86. The number of carbonyl (C=O) groups is 2. The lowest BCUT2D eigenvalue weighted by Crippen LogP contribution is -2.15. The lowest BCUT2D eigenvalue weighted by Gasteiger charge is -2.18. The summed E-state index contributed by atoms with van der Waals surface area (Å²) in [5.41, 5.74) is 0. The maximum atomic E-state index is 12.2. The minimum absolute atomic E-state index is 0.0862. The van der Waals surface area contributed by atoms with E-state index in [-0.39, 0.29) is 5.97 Å². The average molecular weight is 383 g/mol. The fraction of sp³-hybridized carbons (Fsp3) is 0.913. The molecular formula is C23H42O4. The summed E-state index contributed by atoms with van der Waals surface area (Å²) in [4.78, 5) is 23.5. The van der Waals surface area contributed by atoms with Crippen molar-refractivity contribution in [2.24, 2.45) is 11.8 Å². The summed E-state index contributed by atoms with van der Waals surface area (Å²) in [6.07, 6.45) is 17.3. The second-order valence-corrected chi connectivity index (χ2v) is 8.12. The van der Waals surface area contributed by atoms with Gasteiger partial charge in [0.05, 0.1) is 6.61 Å². The molecule has 1 aliphatic rings. The van der Waals surface area contributed by atoms with Gasteiger partial charge in [0, 0.05) is 25.4 Å². The zero-order valence-electron chi connectivity index (χ0n) is 17.6. The lowest BCUT2D eigenvalue weighted by molar-refractivity contribution is -0.143. The van der Waals surface area contributed by atoms with Gasteiger partial charge in [-0.1, -0.05) is 57.8 Å². The second-order valence-electron chi connectivity index (χ2n) is 8.12. The number of aliphatic hydroxyl groups is 1. The van der Waals surface area contributed by atoms with Gasteiger partial charge < -0.3 is 9.84 Å². The predicted octanol–water partition coefficient (Wildman–Crippen LogP) is 5.60. The van der Waals surface area contributed by atoms with E-state index >= 15 is 0 Å². The Morgan fingerprint density at radius 2 is 1.52 bits per heavy atom. The molecule has 0 amide bonds. The van der Waals surface area contributed by atoms with Crippen molar-refractivity contribution in [3.05, 3.63) is 0 Å². The van der Waals surface area contributed by atoms with Gasteiger partial charge in [-0.25, -0.2) is 0 Å². The molecule has 0 radical (unpaired) electrons. The molecule has 4 heteroatoms. The minimum atomic E-state index is -0.0862. The van der Waals surface area contributed by atoms with Crippen molar-refractivity contribution in [1.82, 2.24) is 0 Å². The molecule has 0 aromatic heterocycles. The number of hydrogen-bond acceptors (Lipinski definition) is 4. The van der Waals surface area contributed by atoms with E-state index in [1.54, 1.807) is 0 Å². The molecule has 27 heavy (non-hydrogen) atoms. The molecule has 0 spiro atoms. The van der Waals surface area contributed by atoms with Crippen molar-refractivity contribution in [1.29, 1.82) is 0 Å². The number of Topliss-reactive ketones (excluding diaryl/α,β-unsaturated/α-hetero) is 1. The van der Waals surface area contributed by atoms with Crippen LogP contribution in [0.4, 0.5) is 0 Å². The van der Waals surface area contributed by atoms with Crippen LogP contribution in [0.1, 0.15) is 110 Å². The van der Waals surface area contributed by atoms with Crippen LogP contribution in [-0.2, 0) is 14.3 Å². The average Bonchev–Trinajstić information content (AvgIpc) is 3.00. The summed E-state index contributed by atoms with van der Waals surface area (Å²) in [6.45, 7) is 2.63. The number of unbranched alkanes of at least 4 members (excludes halogenated alkanes) is 9. The van der Waals surface area contributed by atoms with E-state index in [9.17, 15) is 9.59 Å². The van der Waals surface area contributed by atoms with Crippen LogP contribution in [0.25, 0.3) is 0 Å². The van der Waals surface area contributed by atoms with E-state index in [1.807, 2.05) is 6.92 Å². The largest absolute Gasteiger partial charge is 0.466 e. The van der Waals surface area contributed by atoms with E-state index in [0.29, 0.717) is 37.3 Å². The monoisotopic (exact) mass is 382 g/mol. The summed E-state index contributed by atoms with van der Waals surface area (Å²) in [7, 11) is 0. The maximum absolute atomic E-state index is 12.2. The van der Waals surface area contributed by atoms with Crippen LogP contribution in [0.5, 0.6) is 0 Å². The number of esters is 1. The van der Waals surface area contributed by atoms with E-state index in [4.69, 9.17) is 9.84 Å². The summed E-state index contributed by atoms with van der Waals surface area (Å²) >= 11 is 0. The van der Waals surface area contributed by atoms with E-state index in [0.717, 1.165) is 57.8 Å². The quantitative estimate of drug-likeness (QED) is 0.263. The van der Waals surface area contributed by atoms with Crippen LogP contribution in [0.2, 0.25) is 0 Å². The van der Waals surface area contributed by atoms with Crippen molar-refractivity contribution in [2.45, 2.75) is 110 Å². The number of hydrogen-bond donors (Lipinski definition) is 1. The molecule has 0 unspecified atom stereocenters. The second kappa shape index (κ2) is 16.1. The molecular weight excluding hydrogens is 340 g/mol. The SMILES string of the molecule is CCOC(=O)CCCCCC[C@H]1C(=O)CC[C@@H]1CCCCCCCCCO. The standard InChI is InChI=1S/C23H42O4/c1-2-27-23(26)16-12-8-7-11-15-21-20(17-18-22(21)25)14-10-6-4-3-5-9-13-19-24/h20-21,24H,2-19H2,1H3/t20-,21+/m0/s1. The van der Waals surface area contributed by atoms with Gasteiger partial charge in [0.15, 0.2) is 0 Å². The van der Waals surface area contributed by atoms with Gasteiger partial charge in [0.2, 0.25) is 0 Å². The Morgan fingerprint density at radius 1 is 0.926 bits per heavy atom. The minimum Gasteiger partial charge on any atom is -0.466 e. The first-order chi connectivity index (χ1) is 13.2. The smallest absolute Gasteiger partial charge is 0.305 e. The highest BCUT2D eigenvalue weighted by Gasteiger charge is 2.33. The van der Waals surface area contributed by atoms with Gasteiger partial charge in [0.1, 0.15) is 5.78 Å². The molecule has 158 valence electrons. The molecule has 1 N–H and O–H groups in total. The Balaban J connectivity index is 2.05. The molecule has 0 aromatic rings. The van der Waals surface area contributed by atoms with Gasteiger partial charge >= 0.3 is 5.97 Å².